The number of anilines is 2. The maximum absolute atomic E-state index is 13.5. The minimum atomic E-state index is -0.350. The number of hydrogen-bond acceptors (Lipinski definition) is 5. The third-order valence-electron chi connectivity index (χ3n) is 2.13. The molecule has 84 valence electrons. The lowest BCUT2D eigenvalue weighted by atomic mass is 10.3. The van der Waals surface area contributed by atoms with Gasteiger partial charge in [0.2, 0.25) is 5.89 Å². The quantitative estimate of drug-likeness (QED) is 0.850. The maximum Gasteiger partial charge on any atom is 0.322 e. The minimum absolute atomic E-state index is 0.165. The van der Waals surface area contributed by atoms with Crippen molar-refractivity contribution in [3.8, 4) is 0 Å². The molecule has 1 aromatic heterocycles. The molecule has 5 nitrogen and oxygen atoms in total. The molecule has 0 unspecified atom stereocenters. The predicted octanol–water partition coefficient (Wildman–Crippen LogP) is 1.44. The zero-order valence-electron chi connectivity index (χ0n) is 8.72. The van der Waals surface area contributed by atoms with Crippen LogP contribution < -0.4 is 10.6 Å². The Morgan fingerprint density at radius 1 is 1.38 bits per heavy atom. The Morgan fingerprint density at radius 3 is 2.75 bits per heavy atom. The molecule has 2 aromatic rings. The number of benzene rings is 1. The third-order valence-corrected chi connectivity index (χ3v) is 2.13. The smallest absolute Gasteiger partial charge is 0.322 e. The van der Waals surface area contributed by atoms with Crippen molar-refractivity contribution < 1.29 is 8.81 Å². The molecule has 0 saturated carbocycles. The van der Waals surface area contributed by atoms with Crippen LogP contribution in [0.25, 0.3) is 0 Å². The molecule has 0 aliphatic heterocycles. The summed E-state index contributed by atoms with van der Waals surface area (Å²) in [6.07, 6.45) is 0. The van der Waals surface area contributed by atoms with Crippen molar-refractivity contribution in [1.82, 2.24) is 10.2 Å². The Balaban J connectivity index is 2.31. The number of nitrogens with two attached hydrogens (primary N) is 1. The van der Waals surface area contributed by atoms with E-state index in [9.17, 15) is 4.39 Å². The topological polar surface area (TPSA) is 68.2 Å². The SMILES string of the molecule is CN(c1nnc(CN)o1)c1ccccc1F. The van der Waals surface area contributed by atoms with Crippen LogP contribution in [0.15, 0.2) is 28.7 Å². The van der Waals surface area contributed by atoms with Gasteiger partial charge in [0.25, 0.3) is 0 Å². The molecule has 6 heteroatoms. The van der Waals surface area contributed by atoms with Crippen LogP contribution in [-0.4, -0.2) is 17.2 Å². The standard InChI is InChI=1S/C10H11FN4O/c1-15(8-5-3-2-4-7(8)11)10-14-13-9(6-12)16-10/h2-5H,6,12H2,1H3. The first kappa shape index (κ1) is 10.6. The van der Waals surface area contributed by atoms with Crippen LogP contribution in [0.4, 0.5) is 16.1 Å². The van der Waals surface area contributed by atoms with Crippen molar-refractivity contribution in [3.05, 3.63) is 36.0 Å². The van der Waals surface area contributed by atoms with E-state index in [1.807, 2.05) is 0 Å². The lowest BCUT2D eigenvalue weighted by Gasteiger charge is -2.14. The van der Waals surface area contributed by atoms with Gasteiger partial charge in [-0.2, -0.15) is 0 Å². The van der Waals surface area contributed by atoms with Crippen LogP contribution in [0.5, 0.6) is 0 Å². The second-order valence-corrected chi connectivity index (χ2v) is 3.19. The summed E-state index contributed by atoms with van der Waals surface area (Å²) < 4.78 is 18.7. The number of hydrogen-bond donors (Lipinski definition) is 1. The largest absolute Gasteiger partial charge is 0.406 e. The molecular formula is C10H11FN4O. The Morgan fingerprint density at radius 2 is 2.12 bits per heavy atom. The number of aromatic nitrogens is 2. The fourth-order valence-corrected chi connectivity index (χ4v) is 1.29. The Bertz CT molecular complexity index is 485. The molecule has 16 heavy (non-hydrogen) atoms. The summed E-state index contributed by atoms with van der Waals surface area (Å²) in [6, 6.07) is 6.56. The zero-order valence-corrected chi connectivity index (χ0v) is 8.72. The van der Waals surface area contributed by atoms with Crippen LogP contribution in [-0.2, 0) is 6.54 Å². The number of halogens is 1. The van der Waals surface area contributed by atoms with Crippen LogP contribution in [0.2, 0.25) is 0 Å². The van der Waals surface area contributed by atoms with Gasteiger partial charge in [-0.05, 0) is 12.1 Å². The molecule has 0 bridgehead atoms. The van der Waals surface area contributed by atoms with E-state index in [-0.39, 0.29) is 18.4 Å². The molecule has 0 aliphatic rings. The predicted molar refractivity (Wildman–Crippen MR) is 56.7 cm³/mol. The first-order chi connectivity index (χ1) is 7.72. The van der Waals surface area contributed by atoms with Gasteiger partial charge >= 0.3 is 6.01 Å². The van der Waals surface area contributed by atoms with Crippen molar-refractivity contribution in [2.45, 2.75) is 6.54 Å². The number of rotatable bonds is 3. The van der Waals surface area contributed by atoms with Gasteiger partial charge in [-0.3, -0.25) is 4.90 Å². The molecule has 0 saturated heterocycles. The van der Waals surface area contributed by atoms with Crippen LogP contribution in [0.1, 0.15) is 5.89 Å². The van der Waals surface area contributed by atoms with E-state index in [0.29, 0.717) is 11.6 Å². The zero-order chi connectivity index (χ0) is 11.5. The maximum atomic E-state index is 13.5. The highest BCUT2D eigenvalue weighted by atomic mass is 19.1. The van der Waals surface area contributed by atoms with E-state index in [4.69, 9.17) is 10.2 Å². The summed E-state index contributed by atoms with van der Waals surface area (Å²) in [7, 11) is 1.65. The average molecular weight is 222 g/mol. The first-order valence-electron chi connectivity index (χ1n) is 4.73. The van der Waals surface area contributed by atoms with Crippen molar-refractivity contribution in [3.63, 3.8) is 0 Å². The lowest BCUT2D eigenvalue weighted by Crippen LogP contribution is -2.11. The normalized spacial score (nSPS) is 10.4. The summed E-state index contributed by atoms with van der Waals surface area (Å²) >= 11 is 0. The number of para-hydroxylation sites is 1. The molecule has 0 spiro atoms. The molecule has 0 amide bonds. The summed E-state index contributed by atoms with van der Waals surface area (Å²) in [6.45, 7) is 0.165. The minimum Gasteiger partial charge on any atom is -0.406 e. The van der Waals surface area contributed by atoms with Gasteiger partial charge in [0.15, 0.2) is 0 Å². The van der Waals surface area contributed by atoms with E-state index in [0.717, 1.165) is 0 Å². The highest BCUT2D eigenvalue weighted by Gasteiger charge is 2.14. The molecular weight excluding hydrogens is 211 g/mol. The fourth-order valence-electron chi connectivity index (χ4n) is 1.29. The van der Waals surface area contributed by atoms with Crippen molar-refractivity contribution in [1.29, 1.82) is 0 Å². The van der Waals surface area contributed by atoms with Gasteiger partial charge in [-0.25, -0.2) is 4.39 Å². The Kier molecular flexibility index (Phi) is 2.82. The lowest BCUT2D eigenvalue weighted by molar-refractivity contribution is 0.499. The monoisotopic (exact) mass is 222 g/mol. The highest BCUT2D eigenvalue weighted by molar-refractivity contribution is 5.55. The van der Waals surface area contributed by atoms with E-state index in [2.05, 4.69) is 10.2 Å². The van der Waals surface area contributed by atoms with E-state index in [1.54, 1.807) is 25.2 Å². The summed E-state index contributed by atoms with van der Waals surface area (Å²) in [5.74, 6) is -0.0318. The first-order valence-corrected chi connectivity index (χ1v) is 4.73. The van der Waals surface area contributed by atoms with Crippen LogP contribution in [0, 0.1) is 5.82 Å². The van der Waals surface area contributed by atoms with Gasteiger partial charge in [0.05, 0.1) is 12.2 Å². The molecule has 2 N–H and O–H groups in total. The van der Waals surface area contributed by atoms with Crippen LogP contribution >= 0.6 is 0 Å². The second-order valence-electron chi connectivity index (χ2n) is 3.19. The van der Waals surface area contributed by atoms with Crippen molar-refractivity contribution >= 4 is 11.7 Å². The molecule has 1 aromatic carbocycles. The fraction of sp³-hybridized carbons (Fsp3) is 0.200. The van der Waals surface area contributed by atoms with Crippen LogP contribution in [0.3, 0.4) is 0 Å². The summed E-state index contributed by atoms with van der Waals surface area (Å²) in [5, 5.41) is 7.47. The Labute approximate surface area is 91.7 Å². The Hall–Kier alpha value is -1.95. The van der Waals surface area contributed by atoms with Gasteiger partial charge in [-0.15, -0.1) is 5.10 Å². The molecule has 0 radical (unpaired) electrons. The molecule has 1 heterocycles. The third kappa shape index (κ3) is 1.87. The molecule has 0 aliphatic carbocycles. The van der Waals surface area contributed by atoms with Gasteiger partial charge < -0.3 is 10.2 Å². The molecule has 2 rings (SSSR count). The van der Waals surface area contributed by atoms with E-state index < -0.39 is 0 Å². The average Bonchev–Trinajstić information content (AvgIpc) is 2.77. The molecule has 0 atom stereocenters. The summed E-state index contributed by atoms with van der Waals surface area (Å²) in [5.41, 5.74) is 5.71. The highest BCUT2D eigenvalue weighted by Crippen LogP contribution is 2.24. The van der Waals surface area contributed by atoms with Gasteiger partial charge in [0, 0.05) is 7.05 Å². The number of nitrogens with zero attached hydrogens (tertiary/aromatic N) is 3. The summed E-state index contributed by atoms with van der Waals surface area (Å²) in [4.78, 5) is 1.47. The molecule has 0 fully saturated rings. The van der Waals surface area contributed by atoms with E-state index >= 15 is 0 Å². The van der Waals surface area contributed by atoms with E-state index in [1.165, 1.54) is 11.0 Å². The van der Waals surface area contributed by atoms with Gasteiger partial charge in [0.1, 0.15) is 5.82 Å². The second kappa shape index (κ2) is 4.28. The van der Waals surface area contributed by atoms with Gasteiger partial charge in [-0.1, -0.05) is 17.2 Å². The van der Waals surface area contributed by atoms with Crippen molar-refractivity contribution in [2.75, 3.05) is 11.9 Å². The van der Waals surface area contributed by atoms with Crippen molar-refractivity contribution in [2.24, 2.45) is 5.73 Å².